The van der Waals surface area contributed by atoms with E-state index in [0.29, 0.717) is 11.8 Å². The minimum atomic E-state index is 0.632. The maximum Gasteiger partial charge on any atom is 0.0367 e. The summed E-state index contributed by atoms with van der Waals surface area (Å²) in [4.78, 5) is 9.41. The van der Waals surface area contributed by atoms with Crippen LogP contribution in [0.3, 0.4) is 0 Å². The van der Waals surface area contributed by atoms with Gasteiger partial charge in [0, 0.05) is 68.8 Å². The number of thiophene rings is 1. The Morgan fingerprint density at radius 2 is 1.58 bits per heavy atom. The van der Waals surface area contributed by atoms with Gasteiger partial charge in [0.1, 0.15) is 0 Å². The zero-order chi connectivity index (χ0) is 21.0. The minimum absolute atomic E-state index is 0.632. The van der Waals surface area contributed by atoms with E-state index >= 15 is 0 Å². The number of likely N-dealkylation sites (tertiary alicyclic amines) is 1. The lowest BCUT2D eigenvalue weighted by Crippen LogP contribution is -2.48. The molecule has 3 nitrogen and oxygen atoms in total. The van der Waals surface area contributed by atoms with Gasteiger partial charge in [-0.3, -0.25) is 9.80 Å². The molecule has 1 aromatic heterocycles. The first-order valence-electron chi connectivity index (χ1n) is 11.6. The normalized spacial score (nSPS) is 22.8. The van der Waals surface area contributed by atoms with Gasteiger partial charge in [-0.2, -0.15) is 0 Å². The monoisotopic (exact) mass is 431 g/mol. The quantitative estimate of drug-likeness (QED) is 0.538. The Balaban J connectivity index is 1.25. The average Bonchev–Trinajstić information content (AvgIpc) is 3.46. The van der Waals surface area contributed by atoms with Crippen LogP contribution < -0.4 is 4.90 Å². The van der Waals surface area contributed by atoms with Crippen LogP contribution in [0.1, 0.15) is 21.9 Å². The third-order valence-electron chi connectivity index (χ3n) is 6.97. The molecular weight excluding hydrogens is 398 g/mol. The second kappa shape index (κ2) is 9.56. The van der Waals surface area contributed by atoms with Gasteiger partial charge in [-0.05, 0) is 42.0 Å². The first kappa shape index (κ1) is 20.7. The van der Waals surface area contributed by atoms with E-state index in [9.17, 15) is 0 Å². The van der Waals surface area contributed by atoms with E-state index in [2.05, 4.69) is 93.7 Å². The highest BCUT2D eigenvalue weighted by Gasteiger charge is 2.35. The molecule has 2 atom stereocenters. The van der Waals surface area contributed by atoms with Crippen LogP contribution in [0.15, 0.2) is 72.1 Å². The van der Waals surface area contributed by atoms with E-state index in [4.69, 9.17) is 0 Å². The van der Waals surface area contributed by atoms with Gasteiger partial charge in [0.05, 0.1) is 0 Å². The molecule has 2 aromatic carbocycles. The predicted molar refractivity (Wildman–Crippen MR) is 132 cm³/mol. The van der Waals surface area contributed by atoms with Gasteiger partial charge in [0.25, 0.3) is 0 Å². The summed E-state index contributed by atoms with van der Waals surface area (Å²) in [6.45, 7) is 11.5. The van der Waals surface area contributed by atoms with Gasteiger partial charge < -0.3 is 4.90 Å². The number of nitrogens with zero attached hydrogens (tertiary/aromatic N) is 3. The lowest BCUT2D eigenvalue weighted by molar-refractivity contribution is 0.209. The molecule has 0 amide bonds. The third-order valence-corrected chi connectivity index (χ3v) is 7.83. The highest BCUT2D eigenvalue weighted by molar-refractivity contribution is 7.09. The summed E-state index contributed by atoms with van der Waals surface area (Å²) in [6, 6.07) is 24.6. The smallest absolute Gasteiger partial charge is 0.0367 e. The van der Waals surface area contributed by atoms with E-state index in [1.165, 1.54) is 41.3 Å². The van der Waals surface area contributed by atoms with E-state index < -0.39 is 0 Å². The van der Waals surface area contributed by atoms with Crippen molar-refractivity contribution in [3.63, 3.8) is 0 Å². The average molecular weight is 432 g/mol. The van der Waals surface area contributed by atoms with Crippen LogP contribution in [-0.2, 0) is 6.54 Å². The van der Waals surface area contributed by atoms with Crippen molar-refractivity contribution in [3.05, 3.63) is 88.1 Å². The van der Waals surface area contributed by atoms with Crippen molar-refractivity contribution in [2.75, 3.05) is 50.7 Å². The molecule has 4 heteroatoms. The molecule has 0 radical (unpaired) electrons. The Hall–Kier alpha value is -2.14. The zero-order valence-electron chi connectivity index (χ0n) is 18.5. The van der Waals surface area contributed by atoms with Gasteiger partial charge in [-0.15, -0.1) is 11.3 Å². The second-order valence-corrected chi connectivity index (χ2v) is 10.2. The number of hydrogen-bond acceptors (Lipinski definition) is 4. The number of anilines is 1. The highest BCUT2D eigenvalue weighted by atomic mass is 32.1. The molecule has 3 aromatic rings. The van der Waals surface area contributed by atoms with E-state index in [-0.39, 0.29) is 0 Å². The second-order valence-electron chi connectivity index (χ2n) is 9.17. The van der Waals surface area contributed by atoms with Crippen molar-refractivity contribution in [3.8, 4) is 0 Å². The van der Waals surface area contributed by atoms with Crippen LogP contribution >= 0.6 is 11.3 Å². The number of benzene rings is 2. The largest absolute Gasteiger partial charge is 0.369 e. The minimum Gasteiger partial charge on any atom is -0.369 e. The Kier molecular flexibility index (Phi) is 6.40. The van der Waals surface area contributed by atoms with E-state index in [0.717, 1.165) is 32.7 Å². The standard InChI is InChI=1S/C27H33N3S/c1-22-9-11-23(12-10-22)27-21-29(20-26-8-5-17-31-26)19-24(27)18-28-13-15-30(16-14-28)25-6-3-2-4-7-25/h2-12,17,24,27H,13-16,18-21H2,1H3/t24-,27+/m0/s1. The van der Waals surface area contributed by atoms with Gasteiger partial charge in [0.15, 0.2) is 0 Å². The van der Waals surface area contributed by atoms with Crippen molar-refractivity contribution < 1.29 is 0 Å². The van der Waals surface area contributed by atoms with Crippen LogP contribution in [0.2, 0.25) is 0 Å². The molecule has 0 N–H and O–H groups in total. The number of aryl methyl sites for hydroxylation is 1. The summed E-state index contributed by atoms with van der Waals surface area (Å²) >= 11 is 1.89. The van der Waals surface area contributed by atoms with Crippen molar-refractivity contribution in [2.24, 2.45) is 5.92 Å². The molecule has 2 fully saturated rings. The van der Waals surface area contributed by atoms with Gasteiger partial charge in [-0.25, -0.2) is 0 Å². The van der Waals surface area contributed by atoms with E-state index in [1.807, 2.05) is 11.3 Å². The Morgan fingerprint density at radius 1 is 0.806 bits per heavy atom. The SMILES string of the molecule is Cc1ccc([C@H]2CN(Cc3cccs3)C[C@@H]2CN2CCN(c3ccccc3)CC2)cc1. The Bertz CT molecular complexity index is 930. The fraction of sp³-hybridized carbons (Fsp3) is 0.407. The van der Waals surface area contributed by atoms with Gasteiger partial charge in [-0.1, -0.05) is 54.1 Å². The molecular formula is C27H33N3S. The number of para-hydroxylation sites is 1. The van der Waals surface area contributed by atoms with Crippen LogP contribution in [0, 0.1) is 12.8 Å². The van der Waals surface area contributed by atoms with Crippen molar-refractivity contribution in [1.29, 1.82) is 0 Å². The first-order chi connectivity index (χ1) is 15.2. The molecule has 0 aliphatic carbocycles. The van der Waals surface area contributed by atoms with Crippen molar-refractivity contribution in [1.82, 2.24) is 9.80 Å². The summed E-state index contributed by atoms with van der Waals surface area (Å²) < 4.78 is 0. The zero-order valence-corrected chi connectivity index (χ0v) is 19.3. The van der Waals surface area contributed by atoms with Crippen LogP contribution in [0.25, 0.3) is 0 Å². The van der Waals surface area contributed by atoms with Crippen molar-refractivity contribution in [2.45, 2.75) is 19.4 Å². The molecule has 5 rings (SSSR count). The van der Waals surface area contributed by atoms with E-state index in [1.54, 1.807) is 0 Å². The van der Waals surface area contributed by atoms with Crippen LogP contribution in [0.4, 0.5) is 5.69 Å². The molecule has 31 heavy (non-hydrogen) atoms. The molecule has 2 aliphatic rings. The molecule has 2 aliphatic heterocycles. The molecule has 0 spiro atoms. The molecule has 2 saturated heterocycles. The molecule has 0 bridgehead atoms. The van der Waals surface area contributed by atoms with Crippen molar-refractivity contribution >= 4 is 17.0 Å². The van der Waals surface area contributed by atoms with Crippen LogP contribution in [-0.4, -0.2) is 55.6 Å². The lowest BCUT2D eigenvalue weighted by Gasteiger charge is -2.38. The fourth-order valence-corrected chi connectivity index (χ4v) is 5.99. The van der Waals surface area contributed by atoms with Crippen LogP contribution in [0.5, 0.6) is 0 Å². The lowest BCUT2D eigenvalue weighted by atomic mass is 9.88. The predicted octanol–water partition coefficient (Wildman–Crippen LogP) is 5.09. The molecule has 0 saturated carbocycles. The molecule has 3 heterocycles. The summed E-state index contributed by atoms with van der Waals surface area (Å²) in [5, 5.41) is 2.20. The molecule has 0 unspecified atom stereocenters. The summed E-state index contributed by atoms with van der Waals surface area (Å²) in [5.74, 6) is 1.33. The Labute approximate surface area is 190 Å². The maximum atomic E-state index is 2.71. The third kappa shape index (κ3) is 5.03. The molecule has 162 valence electrons. The highest BCUT2D eigenvalue weighted by Crippen LogP contribution is 2.35. The summed E-state index contributed by atoms with van der Waals surface area (Å²) in [5.41, 5.74) is 4.24. The fourth-order valence-electron chi connectivity index (χ4n) is 5.25. The maximum absolute atomic E-state index is 2.71. The summed E-state index contributed by atoms with van der Waals surface area (Å²) in [7, 11) is 0. The van der Waals surface area contributed by atoms with Gasteiger partial charge >= 0.3 is 0 Å². The first-order valence-corrected chi connectivity index (χ1v) is 12.5. The van der Waals surface area contributed by atoms with Gasteiger partial charge in [0.2, 0.25) is 0 Å². The Morgan fingerprint density at radius 3 is 2.29 bits per heavy atom. The summed E-state index contributed by atoms with van der Waals surface area (Å²) in [6.07, 6.45) is 0. The number of rotatable bonds is 6. The topological polar surface area (TPSA) is 9.72 Å². The number of hydrogen-bond donors (Lipinski definition) is 0. The number of piperazine rings is 1.